The number of carboxylic acid groups (broad SMARTS) is 1. The maximum absolute atomic E-state index is 12.9. The first-order valence-electron chi connectivity index (χ1n) is 9.04. The average molecular weight is 368 g/mol. The van der Waals surface area contributed by atoms with Crippen LogP contribution in [0.5, 0.6) is 0 Å². The van der Waals surface area contributed by atoms with Gasteiger partial charge in [-0.15, -0.1) is 11.3 Å². The molecule has 0 saturated heterocycles. The van der Waals surface area contributed by atoms with E-state index in [1.165, 1.54) is 16.9 Å². The van der Waals surface area contributed by atoms with Gasteiger partial charge in [0, 0.05) is 45.3 Å². The summed E-state index contributed by atoms with van der Waals surface area (Å²) in [6, 6.07) is 1.79. The summed E-state index contributed by atoms with van der Waals surface area (Å²) in [5.41, 5.74) is 3.10. The monoisotopic (exact) mass is 368 g/mol. The zero-order valence-corrected chi connectivity index (χ0v) is 15.3. The highest BCUT2D eigenvalue weighted by Crippen LogP contribution is 2.40. The number of ketones is 1. The minimum atomic E-state index is -0.956. The van der Waals surface area contributed by atoms with E-state index in [0.29, 0.717) is 29.8 Å². The third-order valence-electron chi connectivity index (χ3n) is 5.17. The van der Waals surface area contributed by atoms with E-state index < -0.39 is 5.97 Å². The van der Waals surface area contributed by atoms with E-state index in [9.17, 15) is 14.7 Å². The van der Waals surface area contributed by atoms with Crippen LogP contribution in [0, 0.1) is 0 Å². The molecule has 134 valence electrons. The standard InChI is InChI=1S/C20H20N2O3S/c23-15(12-6-3-7-13(12)20(24)25)11-17-18(19-21-9-4-10-22-19)14-5-1-2-8-16(14)26-17/h4,9-10H,1-3,5-8,11H2,(H,24,25). The zero-order chi connectivity index (χ0) is 18.1. The third kappa shape index (κ3) is 3.09. The van der Waals surface area contributed by atoms with Crippen molar-refractivity contribution in [3.8, 4) is 11.4 Å². The Morgan fingerprint density at radius 3 is 2.50 bits per heavy atom. The first-order chi connectivity index (χ1) is 12.6. The van der Waals surface area contributed by atoms with Crippen LogP contribution in [0.1, 0.15) is 47.4 Å². The molecule has 0 aliphatic heterocycles. The zero-order valence-electron chi connectivity index (χ0n) is 14.5. The summed E-state index contributed by atoms with van der Waals surface area (Å²) < 4.78 is 0. The summed E-state index contributed by atoms with van der Waals surface area (Å²) in [6.45, 7) is 0. The molecular formula is C20H20N2O3S. The Balaban J connectivity index is 1.73. The van der Waals surface area contributed by atoms with Crippen molar-refractivity contribution in [2.75, 3.05) is 0 Å². The molecule has 6 heteroatoms. The second-order valence-corrected chi connectivity index (χ2v) is 7.99. The maximum atomic E-state index is 12.9. The molecule has 2 aliphatic carbocycles. The van der Waals surface area contributed by atoms with Crippen LogP contribution in [-0.2, 0) is 28.9 Å². The number of thiophene rings is 1. The predicted octanol–water partition coefficient (Wildman–Crippen LogP) is 3.76. The molecule has 0 unspecified atom stereocenters. The fourth-order valence-corrected chi connectivity index (χ4v) is 5.37. The van der Waals surface area contributed by atoms with Gasteiger partial charge in [0.15, 0.2) is 11.6 Å². The number of carbonyl (C=O) groups excluding carboxylic acids is 1. The lowest BCUT2D eigenvalue weighted by Crippen LogP contribution is -2.10. The van der Waals surface area contributed by atoms with Gasteiger partial charge in [-0.1, -0.05) is 0 Å². The average Bonchev–Trinajstić information content (AvgIpc) is 3.27. The van der Waals surface area contributed by atoms with Crippen molar-refractivity contribution >= 4 is 23.1 Å². The molecule has 26 heavy (non-hydrogen) atoms. The molecule has 0 bridgehead atoms. The highest BCUT2D eigenvalue weighted by atomic mass is 32.1. The van der Waals surface area contributed by atoms with Gasteiger partial charge in [-0.05, 0) is 56.6 Å². The van der Waals surface area contributed by atoms with Gasteiger partial charge in [-0.25, -0.2) is 14.8 Å². The first kappa shape index (κ1) is 17.1. The van der Waals surface area contributed by atoms with E-state index in [4.69, 9.17) is 0 Å². The van der Waals surface area contributed by atoms with Crippen molar-refractivity contribution in [2.24, 2.45) is 0 Å². The lowest BCUT2D eigenvalue weighted by Gasteiger charge is -2.12. The second kappa shape index (κ2) is 7.11. The molecule has 2 heterocycles. The van der Waals surface area contributed by atoms with Gasteiger partial charge in [-0.3, -0.25) is 4.79 Å². The van der Waals surface area contributed by atoms with Gasteiger partial charge >= 0.3 is 5.97 Å². The van der Waals surface area contributed by atoms with E-state index in [0.717, 1.165) is 36.1 Å². The Bertz CT molecular complexity index is 899. The quantitative estimate of drug-likeness (QED) is 0.869. The number of allylic oxidation sites excluding steroid dienone is 1. The van der Waals surface area contributed by atoms with Crippen molar-refractivity contribution in [3.05, 3.63) is 44.9 Å². The van der Waals surface area contributed by atoms with Crippen molar-refractivity contribution in [2.45, 2.75) is 51.4 Å². The smallest absolute Gasteiger partial charge is 0.331 e. The SMILES string of the molecule is O=C(O)C1=C(C(=O)Cc2sc3c(c2-c2ncccn2)CCCC3)CCC1. The van der Waals surface area contributed by atoms with Crippen LogP contribution in [-0.4, -0.2) is 26.8 Å². The molecule has 0 atom stereocenters. The predicted molar refractivity (Wildman–Crippen MR) is 99.2 cm³/mol. The van der Waals surface area contributed by atoms with Gasteiger partial charge in [0.1, 0.15) is 0 Å². The first-order valence-corrected chi connectivity index (χ1v) is 9.86. The summed E-state index contributed by atoms with van der Waals surface area (Å²) in [5.74, 6) is -0.341. The summed E-state index contributed by atoms with van der Waals surface area (Å²) in [5, 5.41) is 9.34. The Labute approximate surface area is 155 Å². The molecule has 0 amide bonds. The van der Waals surface area contributed by atoms with Crippen molar-refractivity contribution in [1.82, 2.24) is 9.97 Å². The molecule has 1 N–H and O–H groups in total. The molecule has 2 aromatic rings. The van der Waals surface area contributed by atoms with Crippen molar-refractivity contribution < 1.29 is 14.7 Å². The van der Waals surface area contributed by atoms with Crippen LogP contribution in [0.15, 0.2) is 29.6 Å². The molecule has 4 rings (SSSR count). The lowest BCUT2D eigenvalue weighted by molar-refractivity contribution is -0.133. The number of aromatic nitrogens is 2. The summed E-state index contributed by atoms with van der Waals surface area (Å²) in [4.78, 5) is 35.4. The minimum Gasteiger partial charge on any atom is -0.478 e. The number of aryl methyl sites for hydroxylation is 1. The summed E-state index contributed by atoms with van der Waals surface area (Å²) in [7, 11) is 0. The molecule has 2 aliphatic rings. The lowest BCUT2D eigenvalue weighted by atomic mass is 9.93. The van der Waals surface area contributed by atoms with Gasteiger partial charge in [0.05, 0.1) is 0 Å². The fourth-order valence-electron chi connectivity index (χ4n) is 3.98. The number of carbonyl (C=O) groups is 2. The Morgan fingerprint density at radius 2 is 1.73 bits per heavy atom. The van der Waals surface area contributed by atoms with Crippen LogP contribution < -0.4 is 0 Å². The minimum absolute atomic E-state index is 0.0596. The van der Waals surface area contributed by atoms with Gasteiger partial charge in [-0.2, -0.15) is 0 Å². The summed E-state index contributed by atoms with van der Waals surface area (Å²) in [6.07, 6.45) is 9.86. The normalized spacial score (nSPS) is 16.6. The van der Waals surface area contributed by atoms with Crippen LogP contribution in [0.2, 0.25) is 0 Å². The van der Waals surface area contributed by atoms with Crippen LogP contribution in [0.3, 0.4) is 0 Å². The Morgan fingerprint density at radius 1 is 1.00 bits per heavy atom. The van der Waals surface area contributed by atoms with Gasteiger partial charge in [0.25, 0.3) is 0 Å². The van der Waals surface area contributed by atoms with Gasteiger partial charge < -0.3 is 5.11 Å². The fraction of sp³-hybridized carbons (Fsp3) is 0.400. The molecule has 5 nitrogen and oxygen atoms in total. The molecule has 0 spiro atoms. The highest BCUT2D eigenvalue weighted by molar-refractivity contribution is 7.12. The molecule has 0 fully saturated rings. The number of aliphatic carboxylic acids is 1. The summed E-state index contributed by atoms with van der Waals surface area (Å²) >= 11 is 1.68. The van der Waals surface area contributed by atoms with E-state index in [2.05, 4.69) is 9.97 Å². The van der Waals surface area contributed by atoms with E-state index >= 15 is 0 Å². The number of nitrogens with zero attached hydrogens (tertiary/aromatic N) is 2. The number of fused-ring (bicyclic) bond motifs is 1. The number of Topliss-reactive ketones (excluding diaryl/α,β-unsaturated/α-hetero) is 1. The van der Waals surface area contributed by atoms with Crippen LogP contribution >= 0.6 is 11.3 Å². The number of hydrogen-bond donors (Lipinski definition) is 1. The van der Waals surface area contributed by atoms with E-state index in [1.54, 1.807) is 29.8 Å². The molecule has 0 saturated carbocycles. The largest absolute Gasteiger partial charge is 0.478 e. The number of hydrogen-bond acceptors (Lipinski definition) is 5. The Kier molecular flexibility index (Phi) is 4.68. The topological polar surface area (TPSA) is 80.1 Å². The molecular weight excluding hydrogens is 348 g/mol. The number of rotatable bonds is 5. The van der Waals surface area contributed by atoms with Crippen molar-refractivity contribution in [1.29, 1.82) is 0 Å². The van der Waals surface area contributed by atoms with E-state index in [-0.39, 0.29) is 12.2 Å². The molecule has 0 aromatic carbocycles. The molecule has 2 aromatic heterocycles. The Hall–Kier alpha value is -2.34. The highest BCUT2D eigenvalue weighted by Gasteiger charge is 2.28. The number of carboxylic acids is 1. The molecule has 0 radical (unpaired) electrons. The van der Waals surface area contributed by atoms with Crippen molar-refractivity contribution in [3.63, 3.8) is 0 Å². The van der Waals surface area contributed by atoms with E-state index in [1.807, 2.05) is 0 Å². The third-order valence-corrected chi connectivity index (χ3v) is 6.46. The van der Waals surface area contributed by atoms with Gasteiger partial charge in [0.2, 0.25) is 0 Å². The van der Waals surface area contributed by atoms with Crippen LogP contribution in [0.4, 0.5) is 0 Å². The second-order valence-electron chi connectivity index (χ2n) is 6.80. The maximum Gasteiger partial charge on any atom is 0.331 e. The van der Waals surface area contributed by atoms with Crippen LogP contribution in [0.25, 0.3) is 11.4 Å².